The third-order valence-corrected chi connectivity index (χ3v) is 5.39. The molecule has 1 aliphatic rings. The van der Waals surface area contributed by atoms with Gasteiger partial charge in [-0.1, -0.05) is 30.3 Å². The van der Waals surface area contributed by atoms with E-state index < -0.39 is 0 Å². The normalized spacial score (nSPS) is 16.7. The van der Waals surface area contributed by atoms with E-state index in [4.69, 9.17) is 4.74 Å². The summed E-state index contributed by atoms with van der Waals surface area (Å²) in [6.45, 7) is 3.23. The van der Waals surface area contributed by atoms with E-state index in [9.17, 15) is 4.79 Å². The Morgan fingerprint density at radius 3 is 2.79 bits per heavy atom. The second-order valence-electron chi connectivity index (χ2n) is 6.27. The molecule has 1 aromatic heterocycles. The molecule has 2 N–H and O–H groups in total. The predicted molar refractivity (Wildman–Crippen MR) is 96.3 cm³/mol. The minimum Gasteiger partial charge on any atom is -0.384 e. The van der Waals surface area contributed by atoms with Gasteiger partial charge in [0, 0.05) is 30.0 Å². The number of piperidine rings is 1. The molecule has 1 aromatic carbocycles. The van der Waals surface area contributed by atoms with Crippen molar-refractivity contribution in [3.8, 4) is 10.6 Å². The van der Waals surface area contributed by atoms with E-state index in [1.807, 2.05) is 35.7 Å². The van der Waals surface area contributed by atoms with Crippen molar-refractivity contribution in [1.82, 2.24) is 15.6 Å². The summed E-state index contributed by atoms with van der Waals surface area (Å²) in [5.41, 5.74) is 1.55. The maximum atomic E-state index is 12.5. The number of hydrogen-bond acceptors (Lipinski definition) is 5. The molecule has 0 aliphatic carbocycles. The highest BCUT2D eigenvalue weighted by atomic mass is 32.1. The zero-order valence-electron chi connectivity index (χ0n) is 13.9. The van der Waals surface area contributed by atoms with Crippen molar-refractivity contribution in [2.75, 3.05) is 33.4 Å². The first-order chi connectivity index (χ1) is 11.7. The third-order valence-electron chi connectivity index (χ3n) is 4.50. The second kappa shape index (κ2) is 7.88. The van der Waals surface area contributed by atoms with E-state index in [0.717, 1.165) is 36.5 Å². The van der Waals surface area contributed by atoms with Crippen molar-refractivity contribution < 1.29 is 9.53 Å². The second-order valence-corrected chi connectivity index (χ2v) is 7.13. The number of carbonyl (C=O) groups excluding carboxylic acids is 1. The zero-order valence-corrected chi connectivity index (χ0v) is 14.7. The van der Waals surface area contributed by atoms with E-state index in [1.54, 1.807) is 7.11 Å². The number of nitrogens with zero attached hydrogens (tertiary/aromatic N) is 1. The number of nitrogens with one attached hydrogen (secondary N) is 2. The van der Waals surface area contributed by atoms with E-state index in [1.165, 1.54) is 11.3 Å². The molecule has 24 heavy (non-hydrogen) atoms. The highest BCUT2D eigenvalue weighted by Gasteiger charge is 2.32. The maximum Gasteiger partial charge on any atom is 0.270 e. The molecular weight excluding hydrogens is 322 g/mol. The van der Waals surface area contributed by atoms with Gasteiger partial charge in [-0.25, -0.2) is 4.98 Å². The molecule has 0 spiro atoms. The van der Waals surface area contributed by atoms with Crippen LogP contribution >= 0.6 is 11.3 Å². The summed E-state index contributed by atoms with van der Waals surface area (Å²) in [4.78, 5) is 16.9. The van der Waals surface area contributed by atoms with Crippen LogP contribution in [0.15, 0.2) is 35.7 Å². The fourth-order valence-corrected chi connectivity index (χ4v) is 3.89. The molecule has 0 bridgehead atoms. The van der Waals surface area contributed by atoms with Crippen molar-refractivity contribution >= 4 is 17.2 Å². The standard InChI is InChI=1S/C18H23N3O2S/c1-23-13-18(7-9-19-10-8-18)12-20-16(22)15-11-24-17(21-15)14-5-3-2-4-6-14/h2-6,11,19H,7-10,12-13H2,1H3,(H,20,22). The molecule has 0 unspecified atom stereocenters. The summed E-state index contributed by atoms with van der Waals surface area (Å²) in [5, 5.41) is 9.11. The number of carbonyl (C=O) groups is 1. The Hall–Kier alpha value is -1.76. The summed E-state index contributed by atoms with van der Waals surface area (Å²) in [6.07, 6.45) is 2.01. The van der Waals surface area contributed by atoms with Gasteiger partial charge in [0.15, 0.2) is 0 Å². The Kier molecular flexibility index (Phi) is 5.60. The average molecular weight is 345 g/mol. The number of rotatable bonds is 6. The number of aromatic nitrogens is 1. The van der Waals surface area contributed by atoms with Gasteiger partial charge in [0.25, 0.3) is 5.91 Å². The van der Waals surface area contributed by atoms with Crippen molar-refractivity contribution in [2.24, 2.45) is 5.41 Å². The van der Waals surface area contributed by atoms with Crippen LogP contribution in [0.2, 0.25) is 0 Å². The summed E-state index contributed by atoms with van der Waals surface area (Å²) >= 11 is 1.50. The molecule has 6 heteroatoms. The molecule has 2 aromatic rings. The fraction of sp³-hybridized carbons (Fsp3) is 0.444. The Balaban J connectivity index is 1.63. The highest BCUT2D eigenvalue weighted by Crippen LogP contribution is 2.28. The third kappa shape index (κ3) is 4.01. The number of methoxy groups -OCH3 is 1. The molecule has 0 atom stereocenters. The van der Waals surface area contributed by atoms with Gasteiger partial charge >= 0.3 is 0 Å². The topological polar surface area (TPSA) is 63.2 Å². The summed E-state index contributed by atoms with van der Waals surface area (Å²) in [7, 11) is 1.72. The number of hydrogen-bond donors (Lipinski definition) is 2. The van der Waals surface area contributed by atoms with Crippen LogP contribution in [0.4, 0.5) is 0 Å². The lowest BCUT2D eigenvalue weighted by Gasteiger charge is -2.37. The largest absolute Gasteiger partial charge is 0.384 e. The molecule has 5 nitrogen and oxygen atoms in total. The number of benzene rings is 1. The lowest BCUT2D eigenvalue weighted by molar-refractivity contribution is 0.0511. The SMILES string of the molecule is COCC1(CNC(=O)c2csc(-c3ccccc3)n2)CCNCC1. The summed E-state index contributed by atoms with van der Waals surface area (Å²) in [5.74, 6) is -0.109. The van der Waals surface area contributed by atoms with Crippen LogP contribution in [-0.2, 0) is 4.74 Å². The molecule has 128 valence electrons. The number of ether oxygens (including phenoxy) is 1. The van der Waals surface area contributed by atoms with Gasteiger partial charge in [-0.15, -0.1) is 11.3 Å². The van der Waals surface area contributed by atoms with Gasteiger partial charge in [-0.3, -0.25) is 4.79 Å². The molecule has 3 rings (SSSR count). The predicted octanol–water partition coefficient (Wildman–Crippen LogP) is 2.56. The molecule has 0 saturated carbocycles. The van der Waals surface area contributed by atoms with Crippen LogP contribution in [0, 0.1) is 5.41 Å². The maximum absolute atomic E-state index is 12.5. The summed E-state index contributed by atoms with van der Waals surface area (Å²) < 4.78 is 5.39. The van der Waals surface area contributed by atoms with Gasteiger partial charge < -0.3 is 15.4 Å². The Morgan fingerprint density at radius 2 is 2.08 bits per heavy atom. The molecule has 1 amide bonds. The van der Waals surface area contributed by atoms with Crippen LogP contribution < -0.4 is 10.6 Å². The van der Waals surface area contributed by atoms with E-state index >= 15 is 0 Å². The lowest BCUT2D eigenvalue weighted by atomic mass is 9.79. The minimum atomic E-state index is -0.109. The first kappa shape index (κ1) is 17.1. The number of thiazole rings is 1. The van der Waals surface area contributed by atoms with Crippen molar-refractivity contribution in [3.63, 3.8) is 0 Å². The monoisotopic (exact) mass is 345 g/mol. The Morgan fingerprint density at radius 1 is 1.33 bits per heavy atom. The van der Waals surface area contributed by atoms with Crippen LogP contribution in [0.1, 0.15) is 23.3 Å². The minimum absolute atomic E-state index is 0.0218. The molecule has 1 aliphatic heterocycles. The van der Waals surface area contributed by atoms with Gasteiger partial charge in [0.2, 0.25) is 0 Å². The molecule has 2 heterocycles. The summed E-state index contributed by atoms with van der Waals surface area (Å²) in [6, 6.07) is 9.93. The van der Waals surface area contributed by atoms with Crippen LogP contribution in [0.5, 0.6) is 0 Å². The molecule has 1 fully saturated rings. The number of amides is 1. The van der Waals surface area contributed by atoms with Crippen LogP contribution in [0.25, 0.3) is 10.6 Å². The Bertz CT molecular complexity index is 660. The Labute approximate surface area is 146 Å². The van der Waals surface area contributed by atoms with Crippen molar-refractivity contribution in [3.05, 3.63) is 41.4 Å². The fourth-order valence-electron chi connectivity index (χ4n) is 3.09. The highest BCUT2D eigenvalue weighted by molar-refractivity contribution is 7.13. The van der Waals surface area contributed by atoms with Crippen molar-refractivity contribution in [2.45, 2.75) is 12.8 Å². The molecule has 0 radical (unpaired) electrons. The molecule has 1 saturated heterocycles. The van der Waals surface area contributed by atoms with E-state index in [2.05, 4.69) is 15.6 Å². The van der Waals surface area contributed by atoms with Gasteiger partial charge in [-0.2, -0.15) is 0 Å². The van der Waals surface area contributed by atoms with Gasteiger partial charge in [0.05, 0.1) is 6.61 Å². The van der Waals surface area contributed by atoms with Gasteiger partial charge in [0.1, 0.15) is 10.7 Å². The van der Waals surface area contributed by atoms with Crippen LogP contribution in [-0.4, -0.2) is 44.2 Å². The zero-order chi connectivity index (χ0) is 16.8. The van der Waals surface area contributed by atoms with E-state index in [-0.39, 0.29) is 11.3 Å². The lowest BCUT2D eigenvalue weighted by Crippen LogP contribution is -2.47. The smallest absolute Gasteiger partial charge is 0.270 e. The average Bonchev–Trinajstić information content (AvgIpc) is 3.12. The van der Waals surface area contributed by atoms with E-state index in [0.29, 0.717) is 18.8 Å². The van der Waals surface area contributed by atoms with Crippen molar-refractivity contribution in [1.29, 1.82) is 0 Å². The first-order valence-electron chi connectivity index (χ1n) is 8.21. The first-order valence-corrected chi connectivity index (χ1v) is 9.09. The quantitative estimate of drug-likeness (QED) is 0.845. The van der Waals surface area contributed by atoms with Crippen LogP contribution in [0.3, 0.4) is 0 Å². The van der Waals surface area contributed by atoms with Gasteiger partial charge in [-0.05, 0) is 25.9 Å². The molecular formula is C18H23N3O2S.